The molecular weight excluding hydrogens is 270 g/mol. The summed E-state index contributed by atoms with van der Waals surface area (Å²) in [4.78, 5) is 23.0. The molecule has 21 heavy (non-hydrogen) atoms. The molecule has 0 aromatic carbocycles. The van der Waals surface area contributed by atoms with Gasteiger partial charge in [0, 0.05) is 12.4 Å². The van der Waals surface area contributed by atoms with E-state index in [9.17, 15) is 9.59 Å². The van der Waals surface area contributed by atoms with E-state index in [0.29, 0.717) is 12.6 Å². The fourth-order valence-electron chi connectivity index (χ4n) is 2.83. The Morgan fingerprint density at radius 3 is 2.76 bits per heavy atom. The molecule has 1 fully saturated rings. The van der Waals surface area contributed by atoms with Gasteiger partial charge in [-0.05, 0) is 31.0 Å². The molecule has 1 saturated carbocycles. The Morgan fingerprint density at radius 2 is 2.05 bits per heavy atom. The van der Waals surface area contributed by atoms with Crippen molar-refractivity contribution in [3.8, 4) is 0 Å². The molecule has 1 N–H and O–H groups in total. The van der Waals surface area contributed by atoms with E-state index in [-0.39, 0.29) is 5.56 Å². The first-order chi connectivity index (χ1) is 10.1. The lowest BCUT2D eigenvalue weighted by Gasteiger charge is -2.09. The number of rotatable bonds is 4. The van der Waals surface area contributed by atoms with E-state index < -0.39 is 11.5 Å². The van der Waals surface area contributed by atoms with Gasteiger partial charge in [-0.15, -0.1) is 0 Å². The van der Waals surface area contributed by atoms with E-state index in [2.05, 4.69) is 5.10 Å². The van der Waals surface area contributed by atoms with Crippen molar-refractivity contribution in [3.05, 3.63) is 52.2 Å². The summed E-state index contributed by atoms with van der Waals surface area (Å²) < 4.78 is 3.35. The lowest BCUT2D eigenvalue weighted by molar-refractivity contribution is 0.0694. The van der Waals surface area contributed by atoms with E-state index in [1.165, 1.54) is 23.5 Å². The third-order valence-electron chi connectivity index (χ3n) is 3.95. The maximum absolute atomic E-state index is 12.0. The topological polar surface area (TPSA) is 77.1 Å². The number of aromatic carboxylic acids is 1. The van der Waals surface area contributed by atoms with Crippen molar-refractivity contribution < 1.29 is 9.90 Å². The number of aromatic nitrogens is 3. The summed E-state index contributed by atoms with van der Waals surface area (Å²) >= 11 is 0. The average molecular weight is 287 g/mol. The number of carbonyl (C=O) groups is 1. The minimum atomic E-state index is -1.20. The summed E-state index contributed by atoms with van der Waals surface area (Å²) in [5, 5.41) is 13.5. The molecule has 0 unspecified atom stereocenters. The third-order valence-corrected chi connectivity index (χ3v) is 3.95. The number of carboxylic acids is 1. The molecule has 2 heterocycles. The first kappa shape index (κ1) is 13.6. The van der Waals surface area contributed by atoms with Gasteiger partial charge in [0.15, 0.2) is 0 Å². The van der Waals surface area contributed by atoms with Crippen LogP contribution in [0.5, 0.6) is 0 Å². The van der Waals surface area contributed by atoms with Crippen molar-refractivity contribution in [1.82, 2.24) is 14.3 Å². The molecule has 0 amide bonds. The van der Waals surface area contributed by atoms with Gasteiger partial charge in [0.05, 0.1) is 18.3 Å². The molecule has 0 atom stereocenters. The van der Waals surface area contributed by atoms with E-state index in [0.717, 1.165) is 18.5 Å². The van der Waals surface area contributed by atoms with Gasteiger partial charge < -0.3 is 9.67 Å². The van der Waals surface area contributed by atoms with Gasteiger partial charge in [0.1, 0.15) is 5.56 Å². The lowest BCUT2D eigenvalue weighted by Crippen LogP contribution is -2.26. The molecule has 1 aliphatic rings. The van der Waals surface area contributed by atoms with E-state index in [1.54, 1.807) is 12.3 Å². The third kappa shape index (κ3) is 2.74. The quantitative estimate of drug-likeness (QED) is 0.931. The van der Waals surface area contributed by atoms with Crippen molar-refractivity contribution >= 4 is 5.97 Å². The van der Waals surface area contributed by atoms with Crippen LogP contribution in [-0.4, -0.2) is 25.4 Å². The standard InChI is InChI=1S/C15H17N3O3/c19-14-13(15(20)21)6-3-8-17(14)10-11-7-9-18(16-11)12-4-1-2-5-12/h3,6-9,12H,1-2,4-5,10H2,(H,20,21). The largest absolute Gasteiger partial charge is 0.477 e. The minimum absolute atomic E-state index is 0.215. The summed E-state index contributed by atoms with van der Waals surface area (Å²) in [5.74, 6) is -1.20. The first-order valence-electron chi connectivity index (χ1n) is 7.12. The van der Waals surface area contributed by atoms with E-state index >= 15 is 0 Å². The number of hydrogen-bond donors (Lipinski definition) is 1. The van der Waals surface area contributed by atoms with Crippen LogP contribution in [0.2, 0.25) is 0 Å². The predicted molar refractivity (Wildman–Crippen MR) is 76.5 cm³/mol. The van der Waals surface area contributed by atoms with Crippen LogP contribution in [0.25, 0.3) is 0 Å². The normalized spacial score (nSPS) is 15.4. The maximum Gasteiger partial charge on any atom is 0.341 e. The second kappa shape index (κ2) is 5.55. The monoisotopic (exact) mass is 287 g/mol. The second-order valence-electron chi connectivity index (χ2n) is 5.39. The first-order valence-corrected chi connectivity index (χ1v) is 7.12. The fraction of sp³-hybridized carbons (Fsp3) is 0.400. The molecule has 110 valence electrons. The molecule has 0 saturated heterocycles. The molecule has 1 aliphatic carbocycles. The van der Waals surface area contributed by atoms with Gasteiger partial charge in [0.25, 0.3) is 5.56 Å². The SMILES string of the molecule is O=C(O)c1cccn(Cc2ccn(C3CCCC3)n2)c1=O. The zero-order valence-corrected chi connectivity index (χ0v) is 11.6. The fourth-order valence-corrected chi connectivity index (χ4v) is 2.83. The van der Waals surface area contributed by atoms with Crippen molar-refractivity contribution in [1.29, 1.82) is 0 Å². The van der Waals surface area contributed by atoms with Gasteiger partial charge in [0.2, 0.25) is 0 Å². The van der Waals surface area contributed by atoms with Crippen LogP contribution in [-0.2, 0) is 6.54 Å². The Kier molecular flexibility index (Phi) is 3.60. The highest BCUT2D eigenvalue weighted by Crippen LogP contribution is 2.28. The molecular formula is C15H17N3O3. The molecule has 0 spiro atoms. The maximum atomic E-state index is 12.0. The summed E-state index contributed by atoms with van der Waals surface area (Å²) in [5.41, 5.74) is 0.0553. The smallest absolute Gasteiger partial charge is 0.341 e. The zero-order valence-electron chi connectivity index (χ0n) is 11.6. The van der Waals surface area contributed by atoms with Gasteiger partial charge in [-0.1, -0.05) is 12.8 Å². The van der Waals surface area contributed by atoms with Crippen molar-refractivity contribution in [2.45, 2.75) is 38.3 Å². The van der Waals surface area contributed by atoms with Crippen molar-refractivity contribution in [2.24, 2.45) is 0 Å². The molecule has 0 radical (unpaired) electrons. The van der Waals surface area contributed by atoms with Crippen molar-refractivity contribution in [3.63, 3.8) is 0 Å². The minimum Gasteiger partial charge on any atom is -0.477 e. The summed E-state index contributed by atoms with van der Waals surface area (Å²) in [6, 6.07) is 5.23. The summed E-state index contributed by atoms with van der Waals surface area (Å²) in [7, 11) is 0. The number of carboxylic acid groups (broad SMARTS) is 1. The number of pyridine rings is 1. The van der Waals surface area contributed by atoms with Crippen LogP contribution in [0.3, 0.4) is 0 Å². The van der Waals surface area contributed by atoms with Crippen LogP contribution in [0.15, 0.2) is 35.4 Å². The Morgan fingerprint density at radius 1 is 1.29 bits per heavy atom. The van der Waals surface area contributed by atoms with Gasteiger partial charge >= 0.3 is 5.97 Å². The molecule has 6 heteroatoms. The number of nitrogens with zero attached hydrogens (tertiary/aromatic N) is 3. The zero-order chi connectivity index (χ0) is 14.8. The van der Waals surface area contributed by atoms with Crippen LogP contribution >= 0.6 is 0 Å². The predicted octanol–water partition coefficient (Wildman–Crippen LogP) is 1.91. The number of hydrogen-bond acceptors (Lipinski definition) is 3. The second-order valence-corrected chi connectivity index (χ2v) is 5.39. The Hall–Kier alpha value is -2.37. The highest BCUT2D eigenvalue weighted by Gasteiger charge is 2.18. The summed E-state index contributed by atoms with van der Waals surface area (Å²) in [6.07, 6.45) is 8.30. The Bertz CT molecular complexity index is 711. The Labute approximate surface area is 121 Å². The van der Waals surface area contributed by atoms with Gasteiger partial charge in [-0.3, -0.25) is 9.48 Å². The highest BCUT2D eigenvalue weighted by atomic mass is 16.4. The van der Waals surface area contributed by atoms with Crippen molar-refractivity contribution in [2.75, 3.05) is 0 Å². The van der Waals surface area contributed by atoms with Gasteiger partial charge in [-0.2, -0.15) is 5.10 Å². The molecule has 0 bridgehead atoms. The summed E-state index contributed by atoms with van der Waals surface area (Å²) in [6.45, 7) is 0.291. The molecule has 3 rings (SSSR count). The average Bonchev–Trinajstić information content (AvgIpc) is 3.11. The Balaban J connectivity index is 1.82. The van der Waals surface area contributed by atoms with E-state index in [1.807, 2.05) is 16.9 Å². The van der Waals surface area contributed by atoms with Crippen LogP contribution in [0, 0.1) is 0 Å². The van der Waals surface area contributed by atoms with Gasteiger partial charge in [-0.25, -0.2) is 4.79 Å². The molecule has 0 aliphatic heterocycles. The van der Waals surface area contributed by atoms with Crippen LogP contribution in [0.1, 0.15) is 47.8 Å². The lowest BCUT2D eigenvalue weighted by atomic mass is 10.3. The van der Waals surface area contributed by atoms with Crippen LogP contribution < -0.4 is 5.56 Å². The highest BCUT2D eigenvalue weighted by molar-refractivity contribution is 5.86. The molecule has 2 aromatic rings. The van der Waals surface area contributed by atoms with E-state index in [4.69, 9.17) is 5.11 Å². The van der Waals surface area contributed by atoms with Crippen LogP contribution in [0.4, 0.5) is 0 Å². The molecule has 2 aromatic heterocycles. The molecule has 6 nitrogen and oxygen atoms in total.